The number of piperazine rings is 1. The van der Waals surface area contributed by atoms with Gasteiger partial charge in [-0.15, -0.1) is 0 Å². The highest BCUT2D eigenvalue weighted by Crippen LogP contribution is 2.60. The molecule has 7 nitrogen and oxygen atoms in total. The number of hydrogen-bond donors (Lipinski definition) is 0. The summed E-state index contributed by atoms with van der Waals surface area (Å²) in [5, 5.41) is 0. The van der Waals surface area contributed by atoms with Gasteiger partial charge in [-0.2, -0.15) is 0 Å². The van der Waals surface area contributed by atoms with E-state index in [1.54, 1.807) is 14.2 Å². The van der Waals surface area contributed by atoms with Gasteiger partial charge in [0.05, 0.1) is 20.6 Å². The third-order valence-electron chi connectivity index (χ3n) is 9.12. The summed E-state index contributed by atoms with van der Waals surface area (Å²) in [6, 6.07) is 6.40. The number of hydrogen-bond acceptors (Lipinski definition) is 5. The Morgan fingerprint density at radius 2 is 1.57 bits per heavy atom. The van der Waals surface area contributed by atoms with Crippen LogP contribution < -0.4 is 9.47 Å². The Hall–Kier alpha value is -2.28. The predicted octanol–water partition coefficient (Wildman–Crippen LogP) is 3.35. The maximum absolute atomic E-state index is 13.3. The highest BCUT2D eigenvalue weighted by Gasteiger charge is 2.59. The van der Waals surface area contributed by atoms with Gasteiger partial charge in [0.25, 0.3) is 0 Å². The molecule has 1 atom stereocenters. The van der Waals surface area contributed by atoms with Gasteiger partial charge < -0.3 is 19.3 Å². The number of benzene rings is 1. The lowest BCUT2D eigenvalue weighted by molar-refractivity contribution is -0.136. The van der Waals surface area contributed by atoms with Crippen molar-refractivity contribution < 1.29 is 19.1 Å². The lowest BCUT2D eigenvalue weighted by Gasteiger charge is -2.41. The molecule has 1 aromatic rings. The Kier molecular flexibility index (Phi) is 7.24. The van der Waals surface area contributed by atoms with Crippen molar-refractivity contribution in [2.24, 2.45) is 11.3 Å². The summed E-state index contributed by atoms with van der Waals surface area (Å²) in [6.45, 7) is 5.36. The highest BCUT2D eigenvalue weighted by molar-refractivity contribution is 5.83. The number of likely N-dealkylation sites (tertiary alicyclic amines) is 1. The van der Waals surface area contributed by atoms with Crippen LogP contribution in [0.15, 0.2) is 18.2 Å². The molecule has 4 fully saturated rings. The number of amides is 2. The third-order valence-corrected chi connectivity index (χ3v) is 9.12. The minimum absolute atomic E-state index is 0.137. The minimum atomic E-state index is 0.137. The third kappa shape index (κ3) is 5.16. The molecule has 0 N–H and O–H groups in total. The van der Waals surface area contributed by atoms with E-state index in [-0.39, 0.29) is 17.2 Å². The average molecular weight is 484 g/mol. The molecule has 2 saturated carbocycles. The zero-order valence-corrected chi connectivity index (χ0v) is 21.5. The number of carbonyl (C=O) groups is 2. The van der Waals surface area contributed by atoms with E-state index < -0.39 is 0 Å². The first-order valence-corrected chi connectivity index (χ1v) is 13.5. The predicted molar refractivity (Wildman–Crippen MR) is 135 cm³/mol. The summed E-state index contributed by atoms with van der Waals surface area (Å²) in [6.07, 6.45) is 10.0. The summed E-state index contributed by atoms with van der Waals surface area (Å²) in [7, 11) is 3.22. The van der Waals surface area contributed by atoms with Crippen molar-refractivity contribution in [2.75, 3.05) is 53.5 Å². The van der Waals surface area contributed by atoms with Crippen LogP contribution in [0.5, 0.6) is 11.5 Å². The van der Waals surface area contributed by atoms with E-state index in [0.29, 0.717) is 23.8 Å². The molecule has 0 radical (unpaired) electrons. The van der Waals surface area contributed by atoms with Crippen LogP contribution in [-0.4, -0.2) is 86.0 Å². The molecule has 1 aromatic carbocycles. The van der Waals surface area contributed by atoms with Gasteiger partial charge in [-0.25, -0.2) is 0 Å². The van der Waals surface area contributed by atoms with Crippen molar-refractivity contribution in [3.05, 3.63) is 23.8 Å². The number of ether oxygens (including phenoxy) is 2. The molecule has 2 aliphatic carbocycles. The molecular weight excluding hydrogens is 442 g/mol. The number of methoxy groups -OCH3 is 2. The van der Waals surface area contributed by atoms with Crippen LogP contribution in [0, 0.1) is 11.3 Å². The van der Waals surface area contributed by atoms with Gasteiger partial charge in [-0.1, -0.05) is 25.3 Å². The molecule has 2 amide bonds. The van der Waals surface area contributed by atoms with Crippen molar-refractivity contribution >= 4 is 11.8 Å². The normalized spacial score (nSPS) is 24.9. The summed E-state index contributed by atoms with van der Waals surface area (Å²) in [5.74, 6) is 2.01. The van der Waals surface area contributed by atoms with Gasteiger partial charge in [0, 0.05) is 51.2 Å². The van der Waals surface area contributed by atoms with E-state index in [0.717, 1.165) is 70.1 Å². The van der Waals surface area contributed by atoms with Crippen molar-refractivity contribution in [1.82, 2.24) is 14.7 Å². The number of rotatable bonds is 6. The first-order valence-electron chi connectivity index (χ1n) is 13.5. The van der Waals surface area contributed by atoms with E-state index in [1.807, 2.05) is 23.1 Å². The van der Waals surface area contributed by atoms with Crippen LogP contribution in [0.25, 0.3) is 0 Å². The Bertz CT molecular complexity index is 913. The number of nitrogens with zero attached hydrogens (tertiary/aromatic N) is 3. The molecular formula is C28H41N3O4. The Morgan fingerprint density at radius 3 is 2.23 bits per heavy atom. The van der Waals surface area contributed by atoms with Crippen molar-refractivity contribution in [3.8, 4) is 11.5 Å². The number of carbonyl (C=O) groups excluding carboxylic acids is 2. The monoisotopic (exact) mass is 483 g/mol. The molecule has 7 heteroatoms. The first-order chi connectivity index (χ1) is 17.0. The van der Waals surface area contributed by atoms with E-state index in [1.165, 1.54) is 32.1 Å². The molecule has 0 unspecified atom stereocenters. The lowest BCUT2D eigenvalue weighted by Crippen LogP contribution is -2.53. The maximum atomic E-state index is 13.3. The SMILES string of the molecule is COc1ccc(CC(=O)N2CCC3(CC2)C[C@@H]3C(=O)N2CCN(C3CCCCC3)CC2)cc1OC. The quantitative estimate of drug-likeness (QED) is 0.621. The average Bonchev–Trinajstić information content (AvgIpc) is 3.61. The second kappa shape index (κ2) is 10.4. The first kappa shape index (κ1) is 24.4. The van der Waals surface area contributed by atoms with Crippen molar-refractivity contribution in [1.29, 1.82) is 0 Å². The van der Waals surface area contributed by atoms with Gasteiger partial charge in [0.15, 0.2) is 11.5 Å². The smallest absolute Gasteiger partial charge is 0.226 e. The molecule has 5 rings (SSSR count). The van der Waals surface area contributed by atoms with Crippen LogP contribution in [0.2, 0.25) is 0 Å². The molecule has 35 heavy (non-hydrogen) atoms. The van der Waals surface area contributed by atoms with Crippen molar-refractivity contribution in [3.63, 3.8) is 0 Å². The van der Waals surface area contributed by atoms with Crippen LogP contribution in [0.1, 0.15) is 56.9 Å². The Morgan fingerprint density at radius 1 is 0.886 bits per heavy atom. The minimum Gasteiger partial charge on any atom is -0.493 e. The summed E-state index contributed by atoms with van der Waals surface area (Å²) >= 11 is 0. The van der Waals surface area contributed by atoms with Gasteiger partial charge in [-0.3, -0.25) is 14.5 Å². The van der Waals surface area contributed by atoms with Crippen LogP contribution >= 0.6 is 0 Å². The van der Waals surface area contributed by atoms with Crippen LogP contribution in [0.3, 0.4) is 0 Å². The molecule has 1 spiro atoms. The zero-order valence-electron chi connectivity index (χ0n) is 21.5. The maximum Gasteiger partial charge on any atom is 0.226 e. The molecule has 0 aromatic heterocycles. The highest BCUT2D eigenvalue weighted by atomic mass is 16.5. The molecule has 2 aliphatic heterocycles. The molecule has 4 aliphatic rings. The summed E-state index contributed by atoms with van der Waals surface area (Å²) in [5.41, 5.74) is 1.07. The second-order valence-corrected chi connectivity index (χ2v) is 11.0. The van der Waals surface area contributed by atoms with Gasteiger partial charge in [-0.05, 0) is 55.2 Å². The summed E-state index contributed by atoms with van der Waals surface area (Å²) in [4.78, 5) is 33.0. The summed E-state index contributed by atoms with van der Waals surface area (Å²) < 4.78 is 10.7. The molecule has 2 heterocycles. The lowest BCUT2D eigenvalue weighted by atomic mass is 9.90. The van der Waals surface area contributed by atoms with Gasteiger partial charge in [0.2, 0.25) is 11.8 Å². The fraction of sp³-hybridized carbons (Fsp3) is 0.714. The van der Waals surface area contributed by atoms with Crippen molar-refractivity contribution in [2.45, 2.75) is 63.8 Å². The van der Waals surface area contributed by atoms with E-state index >= 15 is 0 Å². The largest absolute Gasteiger partial charge is 0.493 e. The van der Waals surface area contributed by atoms with E-state index in [2.05, 4.69) is 9.80 Å². The van der Waals surface area contributed by atoms with Gasteiger partial charge >= 0.3 is 0 Å². The number of piperidine rings is 1. The Labute approximate surface area is 209 Å². The van der Waals surface area contributed by atoms with E-state index in [9.17, 15) is 9.59 Å². The fourth-order valence-corrected chi connectivity index (χ4v) is 6.70. The van der Waals surface area contributed by atoms with Crippen LogP contribution in [-0.2, 0) is 16.0 Å². The molecule has 2 saturated heterocycles. The topological polar surface area (TPSA) is 62.3 Å². The Balaban J connectivity index is 1.08. The molecule has 192 valence electrons. The fourth-order valence-electron chi connectivity index (χ4n) is 6.70. The standard InChI is InChI=1S/C28H41N3O4/c1-34-24-9-8-21(18-25(24)35-2)19-26(32)30-12-10-28(11-13-30)20-23(28)27(33)31-16-14-29(15-17-31)22-6-4-3-5-7-22/h8-9,18,22-23H,3-7,10-17,19-20H2,1-2H3/t23-/m1/s1. The molecule has 0 bridgehead atoms. The van der Waals surface area contributed by atoms with Gasteiger partial charge in [0.1, 0.15) is 0 Å². The second-order valence-electron chi connectivity index (χ2n) is 11.0. The zero-order chi connectivity index (χ0) is 24.4. The van der Waals surface area contributed by atoms with Crippen LogP contribution in [0.4, 0.5) is 0 Å². The van der Waals surface area contributed by atoms with E-state index in [4.69, 9.17) is 9.47 Å².